The van der Waals surface area contributed by atoms with E-state index in [4.69, 9.17) is 4.74 Å². The number of anilines is 2. The molecule has 160 valence electrons. The van der Waals surface area contributed by atoms with E-state index in [2.05, 4.69) is 20.8 Å². The normalized spacial score (nSPS) is 11.5. The van der Waals surface area contributed by atoms with Crippen LogP contribution in [0.5, 0.6) is 0 Å². The third-order valence-electron chi connectivity index (χ3n) is 3.48. The van der Waals surface area contributed by atoms with Gasteiger partial charge in [0, 0.05) is 5.56 Å². The van der Waals surface area contributed by atoms with Crippen LogP contribution in [0.25, 0.3) is 0 Å². The summed E-state index contributed by atoms with van der Waals surface area (Å²) in [5, 5.41) is 11.5. The summed E-state index contributed by atoms with van der Waals surface area (Å²) in [5.74, 6) is -1.47. The Morgan fingerprint density at radius 2 is 1.70 bits per heavy atom. The van der Waals surface area contributed by atoms with Crippen LogP contribution in [-0.2, 0) is 15.7 Å². The number of nitrogens with one attached hydrogen (secondary N) is 2. The van der Waals surface area contributed by atoms with Gasteiger partial charge in [-0.1, -0.05) is 0 Å². The van der Waals surface area contributed by atoms with Crippen molar-refractivity contribution >= 4 is 29.2 Å². The molecule has 0 aliphatic rings. The van der Waals surface area contributed by atoms with Crippen molar-refractivity contribution < 1.29 is 32.3 Å². The average molecular weight is 424 g/mol. The maximum absolute atomic E-state index is 13.1. The van der Waals surface area contributed by atoms with E-state index in [1.165, 1.54) is 12.3 Å². The molecule has 0 unspecified atom stereocenters. The van der Waals surface area contributed by atoms with Crippen molar-refractivity contribution in [2.24, 2.45) is 0 Å². The second kappa shape index (κ2) is 8.89. The highest BCUT2D eigenvalue weighted by atomic mass is 19.4. The number of hydrogen-bond acceptors (Lipinski definition) is 6. The van der Waals surface area contributed by atoms with E-state index >= 15 is 0 Å². The molecule has 1 heterocycles. The minimum Gasteiger partial charge on any atom is -0.444 e. The third kappa shape index (κ3) is 6.83. The molecule has 0 radical (unpaired) electrons. The van der Waals surface area contributed by atoms with E-state index in [1.807, 2.05) is 0 Å². The van der Waals surface area contributed by atoms with Crippen molar-refractivity contribution in [1.29, 1.82) is 0 Å². The molecule has 2 amide bonds. The van der Waals surface area contributed by atoms with Gasteiger partial charge in [0.25, 0.3) is 0 Å². The van der Waals surface area contributed by atoms with Crippen LogP contribution in [0, 0.1) is 0 Å². The van der Waals surface area contributed by atoms with E-state index in [0.717, 1.165) is 18.3 Å². The molecule has 0 saturated heterocycles. The lowest BCUT2D eigenvalue weighted by atomic mass is 10.1. The Kier molecular flexibility index (Phi) is 6.75. The molecule has 2 N–H and O–H groups in total. The average Bonchev–Trinajstić information content (AvgIpc) is 2.61. The van der Waals surface area contributed by atoms with E-state index in [1.54, 1.807) is 20.8 Å². The van der Waals surface area contributed by atoms with Gasteiger partial charge < -0.3 is 10.1 Å². The Bertz CT molecular complexity index is 941. The molecule has 0 aliphatic carbocycles. The van der Waals surface area contributed by atoms with Gasteiger partial charge in [-0.2, -0.15) is 23.4 Å². The van der Waals surface area contributed by atoms with E-state index < -0.39 is 41.5 Å². The van der Waals surface area contributed by atoms with Crippen LogP contribution in [0.1, 0.15) is 43.1 Å². The van der Waals surface area contributed by atoms with Gasteiger partial charge in [-0.05, 0) is 45.0 Å². The quantitative estimate of drug-likeness (QED) is 0.553. The van der Waals surface area contributed by atoms with Crippen LogP contribution < -0.4 is 10.6 Å². The summed E-state index contributed by atoms with van der Waals surface area (Å²) in [6.45, 7) is 4.84. The molecule has 1 aromatic carbocycles. The van der Waals surface area contributed by atoms with Gasteiger partial charge in [0.15, 0.2) is 5.78 Å². The number of hydrogen-bond donors (Lipinski definition) is 2. The largest absolute Gasteiger partial charge is 0.444 e. The van der Waals surface area contributed by atoms with Gasteiger partial charge in [0.1, 0.15) is 5.60 Å². The van der Waals surface area contributed by atoms with Crippen molar-refractivity contribution in [2.75, 3.05) is 10.6 Å². The number of benzene rings is 1. The van der Waals surface area contributed by atoms with E-state index in [-0.39, 0.29) is 16.9 Å². The van der Waals surface area contributed by atoms with Gasteiger partial charge in [0.05, 0.1) is 35.8 Å². The monoisotopic (exact) mass is 424 g/mol. The van der Waals surface area contributed by atoms with E-state index in [0.29, 0.717) is 6.07 Å². The molecule has 0 aliphatic heterocycles. The summed E-state index contributed by atoms with van der Waals surface area (Å²) in [5.41, 5.74) is -2.22. The Morgan fingerprint density at radius 3 is 2.27 bits per heavy atom. The fraction of sp³-hybridized carbons (Fsp3) is 0.316. The van der Waals surface area contributed by atoms with Crippen molar-refractivity contribution in [3.8, 4) is 0 Å². The summed E-state index contributed by atoms with van der Waals surface area (Å²) in [7, 11) is 0. The van der Waals surface area contributed by atoms with Crippen molar-refractivity contribution in [3.05, 3.63) is 47.8 Å². The second-order valence-corrected chi connectivity index (χ2v) is 7.16. The topological polar surface area (TPSA) is 110 Å². The number of halogens is 3. The summed E-state index contributed by atoms with van der Waals surface area (Å²) >= 11 is 0. The lowest BCUT2D eigenvalue weighted by Gasteiger charge is -2.21. The Hall–Kier alpha value is -3.50. The van der Waals surface area contributed by atoms with Gasteiger partial charge in [-0.3, -0.25) is 14.9 Å². The summed E-state index contributed by atoms with van der Waals surface area (Å²) in [4.78, 5) is 36.3. The first-order chi connectivity index (χ1) is 13.8. The van der Waals surface area contributed by atoms with Crippen LogP contribution in [0.15, 0.2) is 36.7 Å². The van der Waals surface area contributed by atoms with E-state index in [9.17, 15) is 27.6 Å². The summed E-state index contributed by atoms with van der Waals surface area (Å²) in [6, 6.07) is 3.73. The number of alkyl halides is 3. The molecule has 0 bridgehead atoms. The predicted molar refractivity (Wildman–Crippen MR) is 101 cm³/mol. The summed E-state index contributed by atoms with van der Waals surface area (Å²) in [6.07, 6.45) is -3.82. The number of ether oxygens (including phenoxy) is 1. The number of carbonyl (C=O) groups is 3. The lowest BCUT2D eigenvalue weighted by molar-refractivity contribution is -0.137. The fourth-order valence-electron chi connectivity index (χ4n) is 2.24. The molecule has 8 nitrogen and oxygen atoms in total. The van der Waals surface area contributed by atoms with Crippen LogP contribution in [0.3, 0.4) is 0 Å². The molecule has 2 aromatic rings. The smallest absolute Gasteiger partial charge is 0.416 e. The highest BCUT2D eigenvalue weighted by Gasteiger charge is 2.31. The van der Waals surface area contributed by atoms with Crippen molar-refractivity contribution in [3.63, 3.8) is 0 Å². The molecular weight excluding hydrogens is 405 g/mol. The number of aromatic nitrogens is 2. The van der Waals surface area contributed by atoms with Crippen LogP contribution in [0.2, 0.25) is 0 Å². The lowest BCUT2D eigenvalue weighted by Crippen LogP contribution is -2.28. The maximum Gasteiger partial charge on any atom is 0.416 e. The SMILES string of the molecule is CC(C)(C)OC(=O)Nc1ccc(C(F)(F)F)cc1NC(=O)CC(=O)c1ccnnc1. The van der Waals surface area contributed by atoms with Crippen LogP contribution >= 0.6 is 0 Å². The number of Topliss-reactive ketones (excluding diaryl/α,β-unsaturated/α-hetero) is 1. The van der Waals surface area contributed by atoms with Gasteiger partial charge in [0.2, 0.25) is 5.91 Å². The fourth-order valence-corrected chi connectivity index (χ4v) is 2.24. The van der Waals surface area contributed by atoms with Crippen LogP contribution in [-0.4, -0.2) is 33.6 Å². The van der Waals surface area contributed by atoms with Crippen molar-refractivity contribution in [1.82, 2.24) is 10.2 Å². The number of carbonyl (C=O) groups excluding carboxylic acids is 3. The standard InChI is InChI=1S/C19H19F3N4O4/c1-18(2,3)30-17(29)26-13-5-4-12(19(20,21)22)8-14(13)25-16(28)9-15(27)11-6-7-23-24-10-11/h4-8,10H,9H2,1-3H3,(H,25,28)(H,26,29). The minimum atomic E-state index is -4.68. The molecule has 0 fully saturated rings. The molecule has 2 rings (SSSR count). The number of ketones is 1. The first kappa shape index (κ1) is 22.8. The Balaban J connectivity index is 2.23. The van der Waals surface area contributed by atoms with Gasteiger partial charge >= 0.3 is 12.3 Å². The zero-order valence-electron chi connectivity index (χ0n) is 16.3. The number of rotatable bonds is 5. The molecule has 1 aromatic heterocycles. The first-order valence-electron chi connectivity index (χ1n) is 8.66. The maximum atomic E-state index is 13.1. The van der Waals surface area contributed by atoms with Crippen molar-refractivity contribution in [2.45, 2.75) is 39.0 Å². The zero-order valence-corrected chi connectivity index (χ0v) is 16.3. The van der Waals surface area contributed by atoms with Crippen LogP contribution in [0.4, 0.5) is 29.3 Å². The Labute approximate surface area is 169 Å². The first-order valence-corrected chi connectivity index (χ1v) is 8.66. The molecule has 0 spiro atoms. The highest BCUT2D eigenvalue weighted by molar-refractivity contribution is 6.11. The molecule has 0 saturated carbocycles. The molecule has 30 heavy (non-hydrogen) atoms. The molecule has 0 atom stereocenters. The zero-order chi connectivity index (χ0) is 22.5. The summed E-state index contributed by atoms with van der Waals surface area (Å²) < 4.78 is 44.3. The number of amides is 2. The van der Waals surface area contributed by atoms with Gasteiger partial charge in [-0.15, -0.1) is 0 Å². The number of nitrogens with zero attached hydrogens (tertiary/aromatic N) is 2. The second-order valence-electron chi connectivity index (χ2n) is 7.16. The van der Waals surface area contributed by atoms with Gasteiger partial charge in [-0.25, -0.2) is 4.79 Å². The third-order valence-corrected chi connectivity index (χ3v) is 3.48. The molecule has 11 heteroatoms. The Morgan fingerprint density at radius 1 is 1.00 bits per heavy atom. The molecular formula is C19H19F3N4O4. The highest BCUT2D eigenvalue weighted by Crippen LogP contribution is 2.34. The predicted octanol–water partition coefficient (Wildman–Crippen LogP) is 4.05. The minimum absolute atomic E-state index is 0.122.